The van der Waals surface area contributed by atoms with Crippen LogP contribution in [0.3, 0.4) is 0 Å². The van der Waals surface area contributed by atoms with Crippen molar-refractivity contribution in [2.45, 2.75) is 28.5 Å². The normalized spacial score (nSPS) is 23.8. The molecule has 3 atom stereocenters. The van der Waals surface area contributed by atoms with Gasteiger partial charge in [0.25, 0.3) is 0 Å². The molecule has 0 radical (unpaired) electrons. The molecule has 2 unspecified atom stereocenters. The van der Waals surface area contributed by atoms with E-state index >= 15 is 0 Å². The van der Waals surface area contributed by atoms with E-state index in [-0.39, 0.29) is 16.6 Å². The summed E-state index contributed by atoms with van der Waals surface area (Å²) >= 11 is 7.81. The highest BCUT2D eigenvalue weighted by molar-refractivity contribution is 8.00. The van der Waals surface area contributed by atoms with E-state index in [1.165, 1.54) is 6.07 Å². The van der Waals surface area contributed by atoms with Gasteiger partial charge in [0.15, 0.2) is 11.6 Å². The Morgan fingerprint density at radius 2 is 2.00 bits per heavy atom. The van der Waals surface area contributed by atoms with Gasteiger partial charge in [-0.1, -0.05) is 17.7 Å². The molecule has 0 aliphatic carbocycles. The minimum Gasteiger partial charge on any atom is -0.488 e. The maximum absolute atomic E-state index is 14.4. The van der Waals surface area contributed by atoms with Crippen molar-refractivity contribution in [1.82, 2.24) is 5.32 Å². The Hall–Kier alpha value is -0.840. The lowest BCUT2D eigenvalue weighted by Crippen LogP contribution is -2.57. The van der Waals surface area contributed by atoms with E-state index in [1.54, 1.807) is 11.8 Å². The van der Waals surface area contributed by atoms with Gasteiger partial charge < -0.3 is 15.2 Å². The summed E-state index contributed by atoms with van der Waals surface area (Å²) in [6, 6.07) is 11.3. The Balaban J connectivity index is 0.000000948. The lowest BCUT2D eigenvalue weighted by molar-refractivity contribution is 0.168. The van der Waals surface area contributed by atoms with E-state index in [4.69, 9.17) is 21.4 Å². The molecule has 0 spiro atoms. The zero-order chi connectivity index (χ0) is 18.7. The van der Waals surface area contributed by atoms with Gasteiger partial charge in [-0.25, -0.2) is 4.39 Å². The highest BCUT2D eigenvalue weighted by Gasteiger charge is 2.49. The fraction of sp³-hybridized carbons (Fsp3) is 0.368. The Morgan fingerprint density at radius 3 is 2.73 bits per heavy atom. The van der Waals surface area contributed by atoms with Crippen LogP contribution in [0.1, 0.15) is 18.4 Å². The Bertz CT molecular complexity index is 777. The average Bonchev–Trinajstić information content (AvgIpc) is 2.67. The van der Waals surface area contributed by atoms with Crippen LogP contribution in [-0.4, -0.2) is 31.4 Å². The summed E-state index contributed by atoms with van der Waals surface area (Å²) < 4.78 is 20.0. The molecule has 2 aromatic carbocycles. The number of aliphatic hydroxyl groups is 1. The fourth-order valence-corrected chi connectivity index (χ4v) is 5.92. The number of piperidine rings is 1. The Labute approximate surface area is 164 Å². The number of ether oxygens (including phenoxy) is 1. The van der Waals surface area contributed by atoms with Crippen molar-refractivity contribution >= 4 is 37.9 Å². The standard InChI is InChI=1S/C18H18ClFNOPS.CH4O/c19-11-2-4-12(5-3-11)24-18-8-1-9-21-15(18)10-22-17-13(20)6-7-14(23)16(17)18;1-2/h2-7,15,21H,1,8-10,23H2;2H,1H3/t15?,18-;/m0./s1. The second kappa shape index (κ2) is 8.45. The molecule has 2 aliphatic heterocycles. The third-order valence-corrected chi connectivity index (χ3v) is 7.05. The highest BCUT2D eigenvalue weighted by atomic mass is 35.5. The Kier molecular flexibility index (Phi) is 6.47. The van der Waals surface area contributed by atoms with Crippen LogP contribution in [0.15, 0.2) is 41.3 Å². The number of hydrogen-bond acceptors (Lipinski definition) is 4. The van der Waals surface area contributed by atoms with Gasteiger partial charge in [0, 0.05) is 22.6 Å². The first kappa shape index (κ1) is 19.9. The Morgan fingerprint density at radius 1 is 1.27 bits per heavy atom. The van der Waals surface area contributed by atoms with Crippen LogP contribution in [0.2, 0.25) is 5.02 Å². The minimum atomic E-state index is -0.281. The molecule has 2 aromatic rings. The summed E-state index contributed by atoms with van der Waals surface area (Å²) in [5.41, 5.74) is 0.968. The van der Waals surface area contributed by atoms with Crippen LogP contribution in [0.4, 0.5) is 4.39 Å². The third kappa shape index (κ3) is 3.61. The zero-order valence-electron chi connectivity index (χ0n) is 14.5. The molecule has 0 saturated carbocycles. The smallest absolute Gasteiger partial charge is 0.165 e. The molecule has 2 aliphatic rings. The van der Waals surface area contributed by atoms with Gasteiger partial charge in [-0.05, 0) is 55.0 Å². The molecule has 1 saturated heterocycles. The maximum Gasteiger partial charge on any atom is 0.165 e. The number of halogens is 2. The number of aliphatic hydroxyl groups excluding tert-OH is 1. The molecular weight excluding hydrogens is 392 g/mol. The molecule has 4 rings (SSSR count). The van der Waals surface area contributed by atoms with Crippen LogP contribution in [0, 0.1) is 5.82 Å². The first-order valence-electron chi connectivity index (χ1n) is 8.44. The number of nitrogens with one attached hydrogen (secondary N) is 1. The molecule has 140 valence electrons. The molecule has 0 bridgehead atoms. The minimum absolute atomic E-state index is 0.153. The summed E-state index contributed by atoms with van der Waals surface area (Å²) in [5.74, 6) is 0.125. The summed E-state index contributed by atoms with van der Waals surface area (Å²) in [7, 11) is 3.75. The molecule has 0 amide bonds. The average molecular weight is 414 g/mol. The van der Waals surface area contributed by atoms with Crippen molar-refractivity contribution in [3.63, 3.8) is 0 Å². The maximum atomic E-state index is 14.4. The largest absolute Gasteiger partial charge is 0.488 e. The number of hydrogen-bond donors (Lipinski definition) is 2. The van der Waals surface area contributed by atoms with Gasteiger partial charge in [0.2, 0.25) is 0 Å². The van der Waals surface area contributed by atoms with Crippen LogP contribution in [-0.2, 0) is 4.75 Å². The lowest BCUT2D eigenvalue weighted by atomic mass is 9.81. The van der Waals surface area contributed by atoms with E-state index in [0.29, 0.717) is 12.4 Å². The predicted molar refractivity (Wildman–Crippen MR) is 109 cm³/mol. The summed E-state index contributed by atoms with van der Waals surface area (Å²) in [6.45, 7) is 1.45. The highest BCUT2D eigenvalue weighted by Crippen LogP contribution is 2.54. The van der Waals surface area contributed by atoms with E-state index in [9.17, 15) is 4.39 Å². The first-order valence-corrected chi connectivity index (χ1v) is 10.2. The van der Waals surface area contributed by atoms with Gasteiger partial charge in [0.1, 0.15) is 6.61 Å². The van der Waals surface area contributed by atoms with Gasteiger partial charge >= 0.3 is 0 Å². The molecule has 26 heavy (non-hydrogen) atoms. The van der Waals surface area contributed by atoms with Crippen molar-refractivity contribution in [2.75, 3.05) is 20.3 Å². The zero-order valence-corrected chi connectivity index (χ0v) is 17.2. The SMILES string of the molecule is CO.Fc1ccc(P)c2c1OCC1NCCC[C@@]21Sc1ccc(Cl)cc1. The molecule has 0 aromatic heterocycles. The van der Waals surface area contributed by atoms with Gasteiger partial charge in [0.05, 0.1) is 10.8 Å². The number of benzene rings is 2. The lowest BCUT2D eigenvalue weighted by Gasteiger charge is -2.48. The van der Waals surface area contributed by atoms with E-state index < -0.39 is 0 Å². The van der Waals surface area contributed by atoms with E-state index in [2.05, 4.69) is 14.6 Å². The molecule has 7 heteroatoms. The molecule has 2 N–H and O–H groups in total. The van der Waals surface area contributed by atoms with Crippen LogP contribution < -0.4 is 15.4 Å². The fourth-order valence-electron chi connectivity index (χ4n) is 3.66. The van der Waals surface area contributed by atoms with Crippen LogP contribution in [0.5, 0.6) is 5.75 Å². The molecule has 2 heterocycles. The summed E-state index contributed by atoms with van der Waals surface area (Å²) in [4.78, 5) is 1.13. The van der Waals surface area contributed by atoms with Crippen molar-refractivity contribution in [1.29, 1.82) is 0 Å². The van der Waals surface area contributed by atoms with Crippen molar-refractivity contribution < 1.29 is 14.2 Å². The van der Waals surface area contributed by atoms with Crippen molar-refractivity contribution in [2.24, 2.45) is 0 Å². The third-order valence-electron chi connectivity index (χ3n) is 4.75. The number of thioether (sulfide) groups is 1. The van der Waals surface area contributed by atoms with Crippen LogP contribution >= 0.6 is 32.6 Å². The molecule has 1 fully saturated rings. The van der Waals surface area contributed by atoms with E-state index in [0.717, 1.165) is 47.3 Å². The summed E-state index contributed by atoms with van der Waals surface area (Å²) in [5, 5.41) is 12.3. The van der Waals surface area contributed by atoms with E-state index in [1.807, 2.05) is 30.3 Å². The monoisotopic (exact) mass is 413 g/mol. The second-order valence-corrected chi connectivity index (χ2v) is 8.67. The topological polar surface area (TPSA) is 41.5 Å². The predicted octanol–water partition coefficient (Wildman–Crippen LogP) is 3.72. The van der Waals surface area contributed by atoms with Gasteiger partial charge in [-0.3, -0.25) is 0 Å². The molecular formula is C19H22ClFNO2PS. The quantitative estimate of drug-likeness (QED) is 0.736. The van der Waals surface area contributed by atoms with Crippen molar-refractivity contribution in [3.05, 3.63) is 52.8 Å². The van der Waals surface area contributed by atoms with Crippen molar-refractivity contribution in [3.8, 4) is 5.75 Å². The first-order chi connectivity index (χ1) is 12.6. The molecule has 3 nitrogen and oxygen atoms in total. The number of fused-ring (bicyclic) bond motifs is 3. The van der Waals surface area contributed by atoms with Gasteiger partial charge in [-0.15, -0.1) is 21.0 Å². The summed E-state index contributed by atoms with van der Waals surface area (Å²) in [6.07, 6.45) is 2.04. The second-order valence-electron chi connectivity index (χ2n) is 6.21. The number of rotatable bonds is 2. The van der Waals surface area contributed by atoms with Crippen LogP contribution in [0.25, 0.3) is 0 Å². The van der Waals surface area contributed by atoms with Gasteiger partial charge in [-0.2, -0.15) is 0 Å².